The second kappa shape index (κ2) is 4.11. The van der Waals surface area contributed by atoms with Crippen LogP contribution in [-0.2, 0) is 0 Å². The van der Waals surface area contributed by atoms with E-state index in [0.717, 1.165) is 13.8 Å². The van der Waals surface area contributed by atoms with Crippen LogP contribution in [0.3, 0.4) is 0 Å². The molecule has 0 saturated heterocycles. The molecule has 15 heavy (non-hydrogen) atoms. The van der Waals surface area contributed by atoms with E-state index < -0.39 is 6.09 Å². The standard InChI is InChI=1S/C8H4ClIN2O2S/c9-3-1-4(10)6-5(2-3)15-7(11-6)12-8(13)14/h1-2H,(H,11,12)(H,13,14). The van der Waals surface area contributed by atoms with Gasteiger partial charge in [-0.05, 0) is 34.7 Å². The average molecular weight is 355 g/mol. The average Bonchev–Trinajstić information content (AvgIpc) is 2.45. The summed E-state index contributed by atoms with van der Waals surface area (Å²) in [5.74, 6) is 0. The molecule has 1 heterocycles. The van der Waals surface area contributed by atoms with Gasteiger partial charge >= 0.3 is 6.09 Å². The minimum atomic E-state index is -1.12. The second-order valence-electron chi connectivity index (χ2n) is 2.68. The van der Waals surface area contributed by atoms with E-state index in [4.69, 9.17) is 16.7 Å². The molecule has 0 aliphatic rings. The molecule has 1 aromatic carbocycles. The van der Waals surface area contributed by atoms with E-state index >= 15 is 0 Å². The number of hydrogen-bond donors (Lipinski definition) is 2. The summed E-state index contributed by atoms with van der Waals surface area (Å²) in [4.78, 5) is 14.6. The minimum Gasteiger partial charge on any atom is -0.465 e. The smallest absolute Gasteiger partial charge is 0.410 e. The fraction of sp³-hybridized carbons (Fsp3) is 0. The summed E-state index contributed by atoms with van der Waals surface area (Å²) in [5.41, 5.74) is 0.772. The summed E-state index contributed by atoms with van der Waals surface area (Å²) in [7, 11) is 0. The molecule has 1 aromatic heterocycles. The zero-order valence-electron chi connectivity index (χ0n) is 7.12. The van der Waals surface area contributed by atoms with Gasteiger partial charge in [0.05, 0.1) is 10.2 Å². The maximum atomic E-state index is 10.4. The summed E-state index contributed by atoms with van der Waals surface area (Å²) in [6.45, 7) is 0. The monoisotopic (exact) mass is 354 g/mol. The van der Waals surface area contributed by atoms with Crippen molar-refractivity contribution in [3.05, 3.63) is 20.7 Å². The third-order valence-electron chi connectivity index (χ3n) is 1.63. The number of hydrogen-bond acceptors (Lipinski definition) is 3. The molecule has 2 N–H and O–H groups in total. The van der Waals surface area contributed by atoms with Crippen LogP contribution in [0.1, 0.15) is 0 Å². The van der Waals surface area contributed by atoms with Crippen LogP contribution in [0.5, 0.6) is 0 Å². The van der Waals surface area contributed by atoms with Crippen molar-refractivity contribution in [1.29, 1.82) is 0 Å². The van der Waals surface area contributed by atoms with Crippen molar-refractivity contribution in [2.45, 2.75) is 0 Å². The van der Waals surface area contributed by atoms with Crippen LogP contribution in [0, 0.1) is 3.57 Å². The highest BCUT2D eigenvalue weighted by Gasteiger charge is 2.09. The molecular formula is C8H4ClIN2O2S. The van der Waals surface area contributed by atoms with Gasteiger partial charge < -0.3 is 5.11 Å². The van der Waals surface area contributed by atoms with Crippen molar-refractivity contribution < 1.29 is 9.90 Å². The predicted molar refractivity (Wildman–Crippen MR) is 69.0 cm³/mol. The Balaban J connectivity index is 2.55. The fourth-order valence-electron chi connectivity index (χ4n) is 1.10. The number of amides is 1. The lowest BCUT2D eigenvalue weighted by molar-refractivity contribution is 0.210. The second-order valence-corrected chi connectivity index (χ2v) is 5.31. The molecule has 1 amide bonds. The van der Waals surface area contributed by atoms with Crippen molar-refractivity contribution in [2.24, 2.45) is 0 Å². The van der Waals surface area contributed by atoms with Crippen LogP contribution in [0.4, 0.5) is 9.93 Å². The molecule has 0 saturated carbocycles. The van der Waals surface area contributed by atoms with Gasteiger partial charge in [-0.3, -0.25) is 5.32 Å². The van der Waals surface area contributed by atoms with E-state index in [1.807, 2.05) is 0 Å². The van der Waals surface area contributed by atoms with Gasteiger partial charge in [-0.1, -0.05) is 22.9 Å². The topological polar surface area (TPSA) is 62.2 Å². The van der Waals surface area contributed by atoms with Gasteiger partial charge in [0.1, 0.15) is 0 Å². The predicted octanol–water partition coefficient (Wildman–Crippen LogP) is 3.64. The van der Waals surface area contributed by atoms with Gasteiger partial charge in [-0.2, -0.15) is 0 Å². The van der Waals surface area contributed by atoms with E-state index in [0.29, 0.717) is 10.2 Å². The molecule has 0 bridgehead atoms. The Morgan fingerprint density at radius 2 is 2.33 bits per heavy atom. The minimum absolute atomic E-state index is 0.359. The van der Waals surface area contributed by atoms with Gasteiger partial charge in [0, 0.05) is 8.59 Å². The van der Waals surface area contributed by atoms with Crippen molar-refractivity contribution in [3.8, 4) is 0 Å². The first kappa shape index (κ1) is 10.9. The number of carboxylic acid groups (broad SMARTS) is 1. The first-order valence-electron chi connectivity index (χ1n) is 3.82. The Hall–Kier alpha value is -0.600. The molecule has 2 rings (SSSR count). The number of benzene rings is 1. The molecule has 0 aliphatic carbocycles. The molecule has 0 aliphatic heterocycles. The first-order chi connectivity index (χ1) is 7.06. The number of nitrogens with one attached hydrogen (secondary N) is 1. The Labute approximate surface area is 107 Å². The summed E-state index contributed by atoms with van der Waals surface area (Å²) >= 11 is 9.25. The maximum absolute atomic E-state index is 10.4. The van der Waals surface area contributed by atoms with Crippen molar-refractivity contribution in [2.75, 3.05) is 5.32 Å². The van der Waals surface area contributed by atoms with E-state index in [2.05, 4.69) is 32.9 Å². The molecular weight excluding hydrogens is 351 g/mol. The van der Waals surface area contributed by atoms with Gasteiger partial charge in [-0.25, -0.2) is 9.78 Å². The van der Waals surface area contributed by atoms with E-state index in [9.17, 15) is 4.79 Å². The quantitative estimate of drug-likeness (QED) is 0.769. The molecule has 0 radical (unpaired) electrons. The lowest BCUT2D eigenvalue weighted by Gasteiger charge is -1.92. The van der Waals surface area contributed by atoms with Crippen LogP contribution >= 0.6 is 45.5 Å². The van der Waals surface area contributed by atoms with Crippen LogP contribution in [0.15, 0.2) is 12.1 Å². The highest BCUT2D eigenvalue weighted by Crippen LogP contribution is 2.31. The molecule has 4 nitrogen and oxygen atoms in total. The Bertz CT molecular complexity index is 543. The highest BCUT2D eigenvalue weighted by atomic mass is 127. The zero-order chi connectivity index (χ0) is 11.0. The normalized spacial score (nSPS) is 10.5. The summed E-state index contributed by atoms with van der Waals surface area (Å²) < 4.78 is 1.78. The SMILES string of the molecule is O=C(O)Nc1nc2c(I)cc(Cl)cc2s1. The van der Waals surface area contributed by atoms with Gasteiger partial charge in [-0.15, -0.1) is 0 Å². The highest BCUT2D eigenvalue weighted by molar-refractivity contribution is 14.1. The molecule has 0 atom stereocenters. The van der Waals surface area contributed by atoms with E-state index in [1.165, 1.54) is 11.3 Å². The van der Waals surface area contributed by atoms with Crippen LogP contribution in [0.2, 0.25) is 5.02 Å². The molecule has 7 heteroatoms. The lowest BCUT2D eigenvalue weighted by atomic mass is 10.3. The molecule has 0 spiro atoms. The Morgan fingerprint density at radius 3 is 3.00 bits per heavy atom. The number of carbonyl (C=O) groups is 1. The zero-order valence-corrected chi connectivity index (χ0v) is 10.9. The van der Waals surface area contributed by atoms with Crippen LogP contribution in [-0.4, -0.2) is 16.2 Å². The van der Waals surface area contributed by atoms with Gasteiger partial charge in [0.15, 0.2) is 5.13 Å². The molecule has 0 fully saturated rings. The van der Waals surface area contributed by atoms with Crippen molar-refractivity contribution >= 4 is 67.0 Å². The molecule has 78 valence electrons. The largest absolute Gasteiger partial charge is 0.465 e. The van der Waals surface area contributed by atoms with E-state index in [-0.39, 0.29) is 0 Å². The van der Waals surface area contributed by atoms with Crippen molar-refractivity contribution in [3.63, 3.8) is 0 Å². The number of nitrogens with zero attached hydrogens (tertiary/aromatic N) is 1. The number of fused-ring (bicyclic) bond motifs is 1. The summed E-state index contributed by atoms with van der Waals surface area (Å²) in [6.07, 6.45) is -1.12. The first-order valence-corrected chi connectivity index (χ1v) is 6.09. The van der Waals surface area contributed by atoms with Crippen LogP contribution < -0.4 is 5.32 Å². The molecule has 2 aromatic rings. The Kier molecular flexibility index (Phi) is 2.98. The maximum Gasteiger partial charge on any atom is 0.410 e. The van der Waals surface area contributed by atoms with Gasteiger partial charge in [0.25, 0.3) is 0 Å². The fourth-order valence-corrected chi connectivity index (χ4v) is 3.42. The Morgan fingerprint density at radius 1 is 1.60 bits per heavy atom. The number of thiazole rings is 1. The number of anilines is 1. The third-order valence-corrected chi connectivity index (χ3v) is 3.59. The summed E-state index contributed by atoms with van der Waals surface area (Å²) in [5, 5.41) is 11.7. The van der Waals surface area contributed by atoms with Crippen LogP contribution in [0.25, 0.3) is 10.2 Å². The summed E-state index contributed by atoms with van der Waals surface area (Å²) in [6, 6.07) is 3.55. The molecule has 0 unspecified atom stereocenters. The van der Waals surface area contributed by atoms with Crippen molar-refractivity contribution in [1.82, 2.24) is 4.98 Å². The number of rotatable bonds is 1. The number of halogens is 2. The number of aromatic nitrogens is 1. The van der Waals surface area contributed by atoms with E-state index in [1.54, 1.807) is 12.1 Å². The lowest BCUT2D eigenvalue weighted by Crippen LogP contribution is -2.06. The third kappa shape index (κ3) is 2.32. The van der Waals surface area contributed by atoms with Gasteiger partial charge in [0.2, 0.25) is 0 Å².